The lowest BCUT2D eigenvalue weighted by Gasteiger charge is -2.31. The number of nitrogens with one attached hydrogen (secondary N) is 1. The van der Waals surface area contributed by atoms with Crippen LogP contribution in [-0.4, -0.2) is 20.9 Å². The van der Waals surface area contributed by atoms with Gasteiger partial charge in [-0.05, 0) is 36.8 Å². The molecular formula is C22H19FN2O3S. The van der Waals surface area contributed by atoms with Gasteiger partial charge in [0.15, 0.2) is 0 Å². The number of anilines is 1. The first-order valence-corrected chi connectivity index (χ1v) is 10.5. The van der Waals surface area contributed by atoms with Crippen LogP contribution in [0.1, 0.15) is 11.1 Å². The summed E-state index contributed by atoms with van der Waals surface area (Å²) in [4.78, 5) is 12.6. The van der Waals surface area contributed by atoms with Gasteiger partial charge in [-0.3, -0.25) is 9.10 Å². The van der Waals surface area contributed by atoms with Crippen molar-refractivity contribution in [3.05, 3.63) is 83.7 Å². The van der Waals surface area contributed by atoms with E-state index in [9.17, 15) is 17.6 Å². The van der Waals surface area contributed by atoms with Gasteiger partial charge in [0.05, 0.1) is 10.6 Å². The second-order valence-corrected chi connectivity index (χ2v) is 8.77. The molecular weight excluding hydrogens is 391 g/mol. The molecule has 0 bridgehead atoms. The zero-order chi connectivity index (χ0) is 20.6. The molecule has 148 valence electrons. The minimum atomic E-state index is -3.94. The van der Waals surface area contributed by atoms with Crippen molar-refractivity contribution in [2.45, 2.75) is 18.4 Å². The van der Waals surface area contributed by atoms with Gasteiger partial charge in [0.2, 0.25) is 5.91 Å². The van der Waals surface area contributed by atoms with Crippen molar-refractivity contribution in [2.75, 3.05) is 10.8 Å². The standard InChI is InChI=1S/C22H19FN2O3S/c1-15-5-4-6-16(11-15)13-24-22(26)14-25-20-10-9-17(23)12-19(20)18-7-2-3-8-21(18)29(25,27)28/h2-12H,13-14H2,1H3,(H,24,26). The lowest BCUT2D eigenvalue weighted by molar-refractivity contribution is -0.119. The maximum Gasteiger partial charge on any atom is 0.265 e. The van der Waals surface area contributed by atoms with Crippen molar-refractivity contribution in [3.8, 4) is 11.1 Å². The molecule has 0 aliphatic carbocycles. The fourth-order valence-electron chi connectivity index (χ4n) is 3.48. The molecule has 1 aliphatic heterocycles. The van der Waals surface area contributed by atoms with Crippen molar-refractivity contribution in [2.24, 2.45) is 0 Å². The summed E-state index contributed by atoms with van der Waals surface area (Å²) in [7, 11) is -3.94. The van der Waals surface area contributed by atoms with Gasteiger partial charge in [-0.2, -0.15) is 0 Å². The maximum atomic E-state index is 13.9. The van der Waals surface area contributed by atoms with Gasteiger partial charge in [-0.25, -0.2) is 12.8 Å². The number of hydrogen-bond donors (Lipinski definition) is 1. The van der Waals surface area contributed by atoms with Crippen LogP contribution < -0.4 is 9.62 Å². The van der Waals surface area contributed by atoms with E-state index in [1.54, 1.807) is 18.2 Å². The average Bonchev–Trinajstić information content (AvgIpc) is 2.70. The van der Waals surface area contributed by atoms with Crippen molar-refractivity contribution in [1.82, 2.24) is 5.32 Å². The molecule has 0 radical (unpaired) electrons. The molecule has 0 aromatic heterocycles. The third kappa shape index (κ3) is 3.61. The number of sulfonamides is 1. The van der Waals surface area contributed by atoms with Crippen molar-refractivity contribution < 1.29 is 17.6 Å². The van der Waals surface area contributed by atoms with E-state index in [1.165, 1.54) is 24.3 Å². The minimum Gasteiger partial charge on any atom is -0.350 e. The Kier molecular flexibility index (Phi) is 4.84. The first-order valence-electron chi connectivity index (χ1n) is 9.10. The number of benzene rings is 3. The van der Waals surface area contributed by atoms with Crippen LogP contribution in [0.2, 0.25) is 0 Å². The quantitative estimate of drug-likeness (QED) is 0.714. The van der Waals surface area contributed by atoms with Crippen LogP contribution >= 0.6 is 0 Å². The molecule has 1 heterocycles. The molecule has 1 N–H and O–H groups in total. The number of carbonyl (C=O) groups is 1. The number of halogens is 1. The summed E-state index contributed by atoms with van der Waals surface area (Å²) in [5.74, 6) is -0.911. The highest BCUT2D eigenvalue weighted by atomic mass is 32.2. The lowest BCUT2D eigenvalue weighted by Crippen LogP contribution is -2.42. The zero-order valence-electron chi connectivity index (χ0n) is 15.7. The van der Waals surface area contributed by atoms with E-state index in [4.69, 9.17) is 0 Å². The third-order valence-corrected chi connectivity index (χ3v) is 6.65. The number of hydrogen-bond acceptors (Lipinski definition) is 3. The SMILES string of the molecule is Cc1cccc(CNC(=O)CN2c3ccc(F)cc3-c3ccccc3S2(=O)=O)c1. The largest absolute Gasteiger partial charge is 0.350 e. The van der Waals surface area contributed by atoms with Gasteiger partial charge in [-0.1, -0.05) is 48.0 Å². The van der Waals surface area contributed by atoms with E-state index in [2.05, 4.69) is 5.32 Å². The first-order chi connectivity index (χ1) is 13.9. The molecule has 1 aliphatic rings. The Morgan fingerprint density at radius 3 is 2.59 bits per heavy atom. The van der Waals surface area contributed by atoms with Gasteiger partial charge in [0.1, 0.15) is 12.4 Å². The zero-order valence-corrected chi connectivity index (χ0v) is 16.5. The van der Waals surface area contributed by atoms with Gasteiger partial charge in [0, 0.05) is 17.7 Å². The average molecular weight is 410 g/mol. The summed E-state index contributed by atoms with van der Waals surface area (Å²) in [5.41, 5.74) is 3.16. The highest BCUT2D eigenvalue weighted by molar-refractivity contribution is 7.93. The van der Waals surface area contributed by atoms with E-state index >= 15 is 0 Å². The highest BCUT2D eigenvalue weighted by Crippen LogP contribution is 2.42. The lowest BCUT2D eigenvalue weighted by atomic mass is 10.0. The van der Waals surface area contributed by atoms with Crippen molar-refractivity contribution >= 4 is 21.6 Å². The molecule has 3 aromatic rings. The molecule has 0 saturated carbocycles. The predicted molar refractivity (Wildman–Crippen MR) is 109 cm³/mol. The number of rotatable bonds is 4. The Morgan fingerprint density at radius 1 is 1.00 bits per heavy atom. The van der Waals surface area contributed by atoms with Crippen molar-refractivity contribution in [3.63, 3.8) is 0 Å². The van der Waals surface area contributed by atoms with E-state index in [1.807, 2.05) is 31.2 Å². The molecule has 0 saturated heterocycles. The monoisotopic (exact) mass is 410 g/mol. The fourth-order valence-corrected chi connectivity index (χ4v) is 5.13. The first kappa shape index (κ1) is 19.1. The molecule has 0 atom stereocenters. The van der Waals surface area contributed by atoms with E-state index in [0.717, 1.165) is 15.4 Å². The topological polar surface area (TPSA) is 66.5 Å². The van der Waals surface area contributed by atoms with Crippen LogP contribution in [0.15, 0.2) is 71.6 Å². The summed E-state index contributed by atoms with van der Waals surface area (Å²) in [6.45, 7) is 1.86. The molecule has 29 heavy (non-hydrogen) atoms. The second-order valence-electron chi connectivity index (χ2n) is 6.94. The number of aryl methyl sites for hydroxylation is 1. The smallest absolute Gasteiger partial charge is 0.265 e. The molecule has 4 rings (SSSR count). The Morgan fingerprint density at radius 2 is 1.79 bits per heavy atom. The number of carbonyl (C=O) groups excluding carboxylic acids is 1. The molecule has 0 unspecified atom stereocenters. The molecule has 0 fully saturated rings. The summed E-state index contributed by atoms with van der Waals surface area (Å²) < 4.78 is 41.2. The van der Waals surface area contributed by atoms with Crippen LogP contribution in [0, 0.1) is 12.7 Å². The Bertz CT molecular complexity index is 1210. The van der Waals surface area contributed by atoms with Crippen molar-refractivity contribution in [1.29, 1.82) is 0 Å². The number of nitrogens with zero attached hydrogens (tertiary/aromatic N) is 1. The van der Waals surface area contributed by atoms with Crippen LogP contribution in [-0.2, 0) is 21.4 Å². The van der Waals surface area contributed by atoms with Gasteiger partial charge in [-0.15, -0.1) is 0 Å². The Balaban J connectivity index is 1.64. The third-order valence-electron chi connectivity index (χ3n) is 4.83. The Labute approximate surface area is 168 Å². The van der Waals surface area contributed by atoms with Crippen LogP contribution in [0.4, 0.5) is 10.1 Å². The normalized spacial score (nSPS) is 14.1. The summed E-state index contributed by atoms with van der Waals surface area (Å²) >= 11 is 0. The number of amides is 1. The van der Waals surface area contributed by atoms with Gasteiger partial charge < -0.3 is 5.32 Å². The maximum absolute atomic E-state index is 13.9. The van der Waals surface area contributed by atoms with Gasteiger partial charge in [0.25, 0.3) is 10.0 Å². The Hall–Kier alpha value is -3.19. The van der Waals surface area contributed by atoms with E-state index < -0.39 is 21.7 Å². The van der Waals surface area contributed by atoms with E-state index in [-0.39, 0.29) is 17.1 Å². The predicted octanol–water partition coefficient (Wildman–Crippen LogP) is 3.63. The molecule has 3 aromatic carbocycles. The summed E-state index contributed by atoms with van der Waals surface area (Å²) in [5, 5.41) is 2.76. The molecule has 0 spiro atoms. The fraction of sp³-hybridized carbons (Fsp3) is 0.136. The molecule has 5 nitrogen and oxygen atoms in total. The van der Waals surface area contributed by atoms with Gasteiger partial charge >= 0.3 is 0 Å². The summed E-state index contributed by atoms with van der Waals surface area (Å²) in [6.07, 6.45) is 0. The van der Waals surface area contributed by atoms with Crippen LogP contribution in [0.25, 0.3) is 11.1 Å². The molecule has 7 heteroatoms. The number of fused-ring (bicyclic) bond motifs is 3. The van der Waals surface area contributed by atoms with Crippen LogP contribution in [0.5, 0.6) is 0 Å². The van der Waals surface area contributed by atoms with E-state index in [0.29, 0.717) is 17.7 Å². The minimum absolute atomic E-state index is 0.0598. The second kappa shape index (κ2) is 7.33. The van der Waals surface area contributed by atoms with Crippen LogP contribution in [0.3, 0.4) is 0 Å². The molecule has 1 amide bonds. The summed E-state index contributed by atoms with van der Waals surface area (Å²) in [6, 6.07) is 18.0. The highest BCUT2D eigenvalue weighted by Gasteiger charge is 2.35.